The number of nitrogens with zero attached hydrogens (tertiary/aromatic N) is 3. The monoisotopic (exact) mass is 485 g/mol. The molecule has 3 heterocycles. The van der Waals surface area contributed by atoms with Crippen molar-refractivity contribution >= 4 is 63.4 Å². The van der Waals surface area contributed by atoms with Gasteiger partial charge in [0.1, 0.15) is 18.8 Å². The smallest absolute Gasteiger partial charge is 0.263 e. The van der Waals surface area contributed by atoms with Crippen LogP contribution in [0.3, 0.4) is 0 Å². The first kappa shape index (κ1) is 21.9. The average molecular weight is 487 g/mol. The molecule has 2 aliphatic rings. The third kappa shape index (κ3) is 4.34. The van der Waals surface area contributed by atoms with E-state index in [-0.39, 0.29) is 17.9 Å². The summed E-state index contributed by atoms with van der Waals surface area (Å²) < 4.78 is 1.24. The number of nitrogens with one attached hydrogen (secondary N) is 1. The van der Waals surface area contributed by atoms with Gasteiger partial charge in [-0.05, 0) is 49.6 Å². The van der Waals surface area contributed by atoms with Gasteiger partial charge < -0.3 is 0 Å². The van der Waals surface area contributed by atoms with Gasteiger partial charge in [0, 0.05) is 15.8 Å². The third-order valence-corrected chi connectivity index (χ3v) is 7.67. The lowest BCUT2D eigenvalue weighted by molar-refractivity contribution is -0.947. The Morgan fingerprint density at radius 3 is 2.53 bits per heavy atom. The van der Waals surface area contributed by atoms with Gasteiger partial charge in [-0.1, -0.05) is 41.7 Å². The van der Waals surface area contributed by atoms with Crippen molar-refractivity contribution in [1.29, 1.82) is 0 Å². The number of rotatable bonds is 4. The lowest BCUT2D eigenvalue weighted by Crippen LogP contribution is -2.61. The molecule has 0 saturated carbocycles. The summed E-state index contributed by atoms with van der Waals surface area (Å²) in [7, 11) is 2.07. The van der Waals surface area contributed by atoms with E-state index in [2.05, 4.69) is 12.5 Å². The number of piperidine rings is 1. The van der Waals surface area contributed by atoms with E-state index in [4.69, 9.17) is 39.9 Å². The molecule has 1 saturated heterocycles. The third-order valence-electron chi connectivity index (χ3n) is 5.83. The van der Waals surface area contributed by atoms with Gasteiger partial charge in [0.2, 0.25) is 0 Å². The number of benzene rings is 1. The lowest BCUT2D eigenvalue weighted by atomic mass is 9.95. The molecule has 2 unspecified atom stereocenters. The van der Waals surface area contributed by atoms with Crippen molar-refractivity contribution in [1.82, 2.24) is 5.43 Å². The minimum absolute atomic E-state index is 0.132. The van der Waals surface area contributed by atoms with Crippen LogP contribution in [-0.4, -0.2) is 36.3 Å². The normalized spacial score (nSPS) is 23.4. The molecule has 1 aromatic heterocycles. The highest BCUT2D eigenvalue weighted by atomic mass is 35.5. The predicted molar refractivity (Wildman–Crippen MR) is 126 cm³/mol. The van der Waals surface area contributed by atoms with Gasteiger partial charge in [0.05, 0.1) is 28.1 Å². The number of halogens is 3. The SMILES string of the molecule is CC1C(C(=O)N[N+]2(C)CCCCC2)=NN(c2ccc(Cl)cc2Cl)C1c1ccc(Cl)s1. The number of likely N-dealkylation sites (tertiary alicyclic amines) is 1. The highest BCUT2D eigenvalue weighted by Gasteiger charge is 2.42. The zero-order chi connectivity index (χ0) is 21.5. The first-order valence-corrected chi connectivity index (χ1v) is 12.0. The standard InChI is InChI=1S/C21H23Cl3N4OS/c1-13-19(21(29)26-28(2)10-4-3-5-11-28)25-27(16-7-6-14(22)12-15(16)23)20(13)17-8-9-18(24)30-17/h6-9,12-13,20H,3-5,10-11H2,1-2H3/p+1. The Bertz CT molecular complexity index is 986. The van der Waals surface area contributed by atoms with Crippen LogP contribution in [0.2, 0.25) is 14.4 Å². The molecule has 0 aliphatic carbocycles. The number of carbonyl (C=O) groups is 1. The molecule has 1 fully saturated rings. The molecule has 5 nitrogen and oxygen atoms in total. The highest BCUT2D eigenvalue weighted by Crippen LogP contribution is 2.44. The van der Waals surface area contributed by atoms with Crippen LogP contribution in [0, 0.1) is 5.92 Å². The van der Waals surface area contributed by atoms with E-state index in [0.29, 0.717) is 30.4 Å². The number of amides is 1. The molecule has 1 N–H and O–H groups in total. The van der Waals surface area contributed by atoms with Crippen molar-refractivity contribution < 1.29 is 9.39 Å². The fourth-order valence-corrected chi connectivity index (χ4v) is 5.98. The second kappa shape index (κ2) is 8.67. The average Bonchev–Trinajstić information content (AvgIpc) is 3.25. The molecule has 1 aromatic carbocycles. The topological polar surface area (TPSA) is 44.7 Å². The molecular weight excluding hydrogens is 463 g/mol. The van der Waals surface area contributed by atoms with Crippen LogP contribution in [0.4, 0.5) is 5.69 Å². The van der Waals surface area contributed by atoms with E-state index < -0.39 is 0 Å². The number of hydrazone groups is 1. The Labute approximate surface area is 195 Å². The van der Waals surface area contributed by atoms with Crippen LogP contribution in [-0.2, 0) is 4.79 Å². The van der Waals surface area contributed by atoms with Crippen molar-refractivity contribution in [3.63, 3.8) is 0 Å². The van der Waals surface area contributed by atoms with Gasteiger partial charge in [-0.3, -0.25) is 9.80 Å². The van der Waals surface area contributed by atoms with Gasteiger partial charge in [-0.15, -0.1) is 11.3 Å². The molecule has 2 aromatic rings. The van der Waals surface area contributed by atoms with E-state index in [9.17, 15) is 4.79 Å². The first-order valence-electron chi connectivity index (χ1n) is 10.0. The van der Waals surface area contributed by atoms with Crippen LogP contribution < -0.4 is 10.4 Å². The number of anilines is 1. The largest absolute Gasteiger partial charge is 0.312 e. The van der Waals surface area contributed by atoms with E-state index in [1.54, 1.807) is 12.1 Å². The molecule has 2 atom stereocenters. The number of hydrogen-bond acceptors (Lipinski definition) is 4. The zero-order valence-electron chi connectivity index (χ0n) is 16.9. The summed E-state index contributed by atoms with van der Waals surface area (Å²) in [5.74, 6) is -0.269. The van der Waals surface area contributed by atoms with Gasteiger partial charge in [0.15, 0.2) is 0 Å². The van der Waals surface area contributed by atoms with Crippen molar-refractivity contribution in [2.75, 3.05) is 25.1 Å². The summed E-state index contributed by atoms with van der Waals surface area (Å²) in [6.07, 6.45) is 3.44. The Morgan fingerprint density at radius 1 is 1.17 bits per heavy atom. The Hall–Kier alpha value is -1.31. The summed E-state index contributed by atoms with van der Waals surface area (Å²) in [4.78, 5) is 14.3. The van der Waals surface area contributed by atoms with Gasteiger partial charge >= 0.3 is 5.91 Å². The van der Waals surface area contributed by atoms with Crippen molar-refractivity contribution in [2.24, 2.45) is 11.0 Å². The lowest BCUT2D eigenvalue weighted by Gasteiger charge is -2.36. The summed E-state index contributed by atoms with van der Waals surface area (Å²) >= 11 is 20.3. The molecule has 9 heteroatoms. The molecule has 4 rings (SSSR count). The molecule has 160 valence electrons. The number of carbonyl (C=O) groups excluding carboxylic acids is 1. The van der Waals surface area contributed by atoms with Crippen LogP contribution >= 0.6 is 46.1 Å². The maximum atomic E-state index is 13.3. The van der Waals surface area contributed by atoms with E-state index in [0.717, 1.165) is 30.8 Å². The van der Waals surface area contributed by atoms with Crippen LogP contribution in [0.1, 0.15) is 37.1 Å². The van der Waals surface area contributed by atoms with Crippen LogP contribution in [0.5, 0.6) is 0 Å². The highest BCUT2D eigenvalue weighted by molar-refractivity contribution is 7.16. The maximum absolute atomic E-state index is 13.3. The second-order valence-corrected chi connectivity index (χ2v) is 10.7. The summed E-state index contributed by atoms with van der Waals surface area (Å²) in [6, 6.07) is 8.98. The molecular formula is C21H24Cl3N4OS+. The van der Waals surface area contributed by atoms with Gasteiger partial charge in [0.25, 0.3) is 0 Å². The van der Waals surface area contributed by atoms with E-state index in [1.807, 2.05) is 30.1 Å². The van der Waals surface area contributed by atoms with Crippen molar-refractivity contribution in [3.8, 4) is 0 Å². The molecule has 30 heavy (non-hydrogen) atoms. The summed E-state index contributed by atoms with van der Waals surface area (Å²) in [5.41, 5.74) is 4.42. The molecule has 0 spiro atoms. The quantitative estimate of drug-likeness (QED) is 0.545. The van der Waals surface area contributed by atoms with Crippen molar-refractivity contribution in [2.45, 2.75) is 32.2 Å². The number of hydrogen-bond donors (Lipinski definition) is 1. The first-order chi connectivity index (χ1) is 14.3. The van der Waals surface area contributed by atoms with Crippen LogP contribution in [0.15, 0.2) is 35.4 Å². The minimum atomic E-state index is -0.173. The Balaban J connectivity index is 1.69. The Kier molecular flexibility index (Phi) is 6.33. The Morgan fingerprint density at radius 2 is 1.90 bits per heavy atom. The van der Waals surface area contributed by atoms with E-state index in [1.165, 1.54) is 17.8 Å². The predicted octanol–water partition coefficient (Wildman–Crippen LogP) is 5.92. The summed E-state index contributed by atoms with van der Waals surface area (Å²) in [6.45, 7) is 3.89. The second-order valence-electron chi connectivity index (χ2n) is 8.15. The van der Waals surface area contributed by atoms with E-state index >= 15 is 0 Å². The fraction of sp³-hybridized carbons (Fsp3) is 0.429. The molecule has 0 radical (unpaired) electrons. The zero-order valence-corrected chi connectivity index (χ0v) is 20.0. The number of thiophene rings is 1. The fourth-order valence-electron chi connectivity index (χ4n) is 4.23. The summed E-state index contributed by atoms with van der Waals surface area (Å²) in [5, 5.41) is 7.63. The van der Waals surface area contributed by atoms with Crippen LogP contribution in [0.25, 0.3) is 0 Å². The minimum Gasteiger partial charge on any atom is -0.263 e. The van der Waals surface area contributed by atoms with Gasteiger partial charge in [-0.25, -0.2) is 4.59 Å². The number of quaternary nitrogens is 1. The van der Waals surface area contributed by atoms with Gasteiger partial charge in [-0.2, -0.15) is 10.5 Å². The molecule has 1 amide bonds. The maximum Gasteiger partial charge on any atom is 0.312 e. The van der Waals surface area contributed by atoms with Crippen molar-refractivity contribution in [3.05, 3.63) is 49.6 Å². The molecule has 2 aliphatic heterocycles. The molecule has 0 bridgehead atoms.